The van der Waals surface area contributed by atoms with Crippen molar-refractivity contribution in [2.75, 3.05) is 18.1 Å². The topological polar surface area (TPSA) is 84.2 Å². The number of nitrogen functional groups attached to an aromatic ring is 1. The summed E-state index contributed by atoms with van der Waals surface area (Å²) >= 11 is 0. The number of nitrogens with one attached hydrogen (secondary N) is 2. The lowest BCUT2D eigenvalue weighted by atomic mass is 10.1. The smallest absolute Gasteiger partial charge is 0.240 e. The van der Waals surface area contributed by atoms with E-state index in [1.54, 1.807) is 12.1 Å². The largest absolute Gasteiger partial charge is 0.397 e. The van der Waals surface area contributed by atoms with Gasteiger partial charge in [0.15, 0.2) is 0 Å². The molecule has 1 saturated carbocycles. The number of benzene rings is 1. The number of hydrogen-bond donors (Lipinski definition) is 3. The zero-order valence-corrected chi connectivity index (χ0v) is 12.1. The van der Waals surface area contributed by atoms with Gasteiger partial charge >= 0.3 is 0 Å². The predicted octanol–water partition coefficient (Wildman–Crippen LogP) is 1.78. The second kappa shape index (κ2) is 5.38. The molecule has 0 heterocycles. The first kappa shape index (κ1) is 14.1. The quantitative estimate of drug-likeness (QED) is 0.735. The Morgan fingerprint density at radius 2 is 2.05 bits per heavy atom. The number of anilines is 2. The minimum atomic E-state index is -3.43. The van der Waals surface area contributed by atoms with Gasteiger partial charge in [0.1, 0.15) is 0 Å². The zero-order valence-electron chi connectivity index (χ0n) is 11.3. The standard InChI is InChI=1S/C13H21N3O2S/c1-9-3-4-10(7-9)16-13-6-5-11(8-12(13)14)19(17,18)15-2/h5-6,8-10,15-16H,3-4,7,14H2,1-2H3. The molecule has 1 aromatic rings. The van der Waals surface area contributed by atoms with Crippen molar-refractivity contribution in [3.05, 3.63) is 18.2 Å². The van der Waals surface area contributed by atoms with E-state index in [4.69, 9.17) is 5.73 Å². The van der Waals surface area contributed by atoms with E-state index in [2.05, 4.69) is 17.0 Å². The molecule has 4 N–H and O–H groups in total. The van der Waals surface area contributed by atoms with E-state index in [1.165, 1.54) is 19.5 Å². The zero-order chi connectivity index (χ0) is 14.0. The number of hydrogen-bond acceptors (Lipinski definition) is 4. The highest BCUT2D eigenvalue weighted by Gasteiger charge is 2.22. The summed E-state index contributed by atoms with van der Waals surface area (Å²) in [6.07, 6.45) is 3.50. The lowest BCUT2D eigenvalue weighted by molar-refractivity contribution is 0.588. The van der Waals surface area contributed by atoms with Gasteiger partial charge in [-0.05, 0) is 50.4 Å². The molecule has 0 amide bonds. The second-order valence-electron chi connectivity index (χ2n) is 5.22. The minimum absolute atomic E-state index is 0.192. The van der Waals surface area contributed by atoms with Crippen molar-refractivity contribution in [2.24, 2.45) is 5.92 Å². The van der Waals surface area contributed by atoms with Crippen LogP contribution in [0.5, 0.6) is 0 Å². The van der Waals surface area contributed by atoms with Crippen molar-refractivity contribution >= 4 is 21.4 Å². The molecule has 106 valence electrons. The lowest BCUT2D eigenvalue weighted by Gasteiger charge is -2.16. The van der Waals surface area contributed by atoms with E-state index < -0.39 is 10.0 Å². The third kappa shape index (κ3) is 3.19. The van der Waals surface area contributed by atoms with E-state index in [0.717, 1.165) is 24.4 Å². The number of nitrogens with two attached hydrogens (primary N) is 1. The third-order valence-electron chi connectivity index (χ3n) is 3.66. The molecule has 1 aliphatic rings. The maximum Gasteiger partial charge on any atom is 0.240 e. The Morgan fingerprint density at radius 1 is 1.32 bits per heavy atom. The molecule has 1 fully saturated rings. The second-order valence-corrected chi connectivity index (χ2v) is 7.10. The minimum Gasteiger partial charge on any atom is -0.397 e. The van der Waals surface area contributed by atoms with Gasteiger partial charge in [0.05, 0.1) is 16.3 Å². The Kier molecular flexibility index (Phi) is 4.01. The van der Waals surface area contributed by atoms with E-state index in [9.17, 15) is 8.42 Å². The fraction of sp³-hybridized carbons (Fsp3) is 0.538. The van der Waals surface area contributed by atoms with Crippen molar-refractivity contribution in [1.82, 2.24) is 4.72 Å². The fourth-order valence-electron chi connectivity index (χ4n) is 2.52. The Labute approximate surface area is 114 Å². The summed E-state index contributed by atoms with van der Waals surface area (Å²) in [5.41, 5.74) is 7.21. The number of rotatable bonds is 4. The Hall–Kier alpha value is -1.27. The van der Waals surface area contributed by atoms with Crippen LogP contribution >= 0.6 is 0 Å². The molecule has 0 bridgehead atoms. The molecule has 1 aromatic carbocycles. The van der Waals surface area contributed by atoms with Gasteiger partial charge in [-0.1, -0.05) is 6.92 Å². The Morgan fingerprint density at radius 3 is 2.58 bits per heavy atom. The van der Waals surface area contributed by atoms with Crippen LogP contribution in [0.25, 0.3) is 0 Å². The average molecular weight is 283 g/mol. The average Bonchev–Trinajstić information content (AvgIpc) is 2.77. The normalized spacial score (nSPS) is 23.5. The molecule has 0 saturated heterocycles. The lowest BCUT2D eigenvalue weighted by Crippen LogP contribution is -2.20. The van der Waals surface area contributed by atoms with E-state index >= 15 is 0 Å². The van der Waals surface area contributed by atoms with Gasteiger partial charge in [0.2, 0.25) is 10.0 Å². The van der Waals surface area contributed by atoms with Crippen LogP contribution in [0, 0.1) is 5.92 Å². The highest BCUT2D eigenvalue weighted by atomic mass is 32.2. The van der Waals surface area contributed by atoms with Crippen molar-refractivity contribution < 1.29 is 8.42 Å². The van der Waals surface area contributed by atoms with Crippen molar-refractivity contribution in [2.45, 2.75) is 37.1 Å². The predicted molar refractivity (Wildman–Crippen MR) is 77.5 cm³/mol. The molecule has 0 radical (unpaired) electrons. The van der Waals surface area contributed by atoms with Crippen LogP contribution in [0.4, 0.5) is 11.4 Å². The van der Waals surface area contributed by atoms with Crippen LogP contribution in [-0.2, 0) is 10.0 Å². The molecule has 5 nitrogen and oxygen atoms in total. The van der Waals surface area contributed by atoms with Crippen LogP contribution in [0.3, 0.4) is 0 Å². The van der Waals surface area contributed by atoms with Crippen LogP contribution in [0.1, 0.15) is 26.2 Å². The van der Waals surface area contributed by atoms with Gasteiger partial charge in [-0.15, -0.1) is 0 Å². The summed E-state index contributed by atoms with van der Waals surface area (Å²) < 4.78 is 25.6. The maximum atomic E-state index is 11.7. The Bertz CT molecular complexity index is 557. The van der Waals surface area contributed by atoms with Crippen molar-refractivity contribution in [1.29, 1.82) is 0 Å². The molecular formula is C13H21N3O2S. The SMILES string of the molecule is CNS(=O)(=O)c1ccc(NC2CCC(C)C2)c(N)c1. The van der Waals surface area contributed by atoms with Crippen LogP contribution in [0.15, 0.2) is 23.1 Å². The van der Waals surface area contributed by atoms with E-state index in [1.807, 2.05) is 0 Å². The monoisotopic (exact) mass is 283 g/mol. The van der Waals surface area contributed by atoms with Gasteiger partial charge in [-0.2, -0.15) is 0 Å². The molecule has 0 spiro atoms. The van der Waals surface area contributed by atoms with Crippen molar-refractivity contribution in [3.63, 3.8) is 0 Å². The molecule has 19 heavy (non-hydrogen) atoms. The molecular weight excluding hydrogens is 262 g/mol. The van der Waals surface area contributed by atoms with E-state index in [0.29, 0.717) is 11.7 Å². The fourth-order valence-corrected chi connectivity index (χ4v) is 3.28. The molecule has 2 unspecified atom stereocenters. The van der Waals surface area contributed by atoms with E-state index in [-0.39, 0.29) is 4.90 Å². The highest BCUT2D eigenvalue weighted by molar-refractivity contribution is 7.89. The first-order valence-corrected chi connectivity index (χ1v) is 8.00. The summed E-state index contributed by atoms with van der Waals surface area (Å²) in [6.45, 7) is 2.24. The summed E-state index contributed by atoms with van der Waals surface area (Å²) in [5.74, 6) is 0.739. The third-order valence-corrected chi connectivity index (χ3v) is 5.07. The molecule has 2 atom stereocenters. The molecule has 2 rings (SSSR count). The van der Waals surface area contributed by atoms with Gasteiger partial charge in [-0.25, -0.2) is 13.1 Å². The number of sulfonamides is 1. The summed E-state index contributed by atoms with van der Waals surface area (Å²) in [4.78, 5) is 0.192. The van der Waals surface area contributed by atoms with Gasteiger partial charge < -0.3 is 11.1 Å². The Balaban J connectivity index is 2.16. The van der Waals surface area contributed by atoms with Gasteiger partial charge in [0, 0.05) is 6.04 Å². The van der Waals surface area contributed by atoms with Crippen LogP contribution in [-0.4, -0.2) is 21.5 Å². The first-order valence-electron chi connectivity index (χ1n) is 6.52. The van der Waals surface area contributed by atoms with Crippen LogP contribution in [0.2, 0.25) is 0 Å². The van der Waals surface area contributed by atoms with Gasteiger partial charge in [-0.3, -0.25) is 0 Å². The molecule has 6 heteroatoms. The first-order chi connectivity index (χ1) is 8.92. The van der Waals surface area contributed by atoms with Crippen LogP contribution < -0.4 is 15.8 Å². The maximum absolute atomic E-state index is 11.7. The summed E-state index contributed by atoms with van der Waals surface area (Å²) in [5, 5.41) is 3.40. The summed E-state index contributed by atoms with van der Waals surface area (Å²) in [6, 6.07) is 5.24. The molecule has 0 aliphatic heterocycles. The highest BCUT2D eigenvalue weighted by Crippen LogP contribution is 2.30. The van der Waals surface area contributed by atoms with Gasteiger partial charge in [0.25, 0.3) is 0 Å². The molecule has 1 aliphatic carbocycles. The summed E-state index contributed by atoms with van der Waals surface area (Å²) in [7, 11) is -2.04. The molecule has 0 aromatic heterocycles. The van der Waals surface area contributed by atoms with Crippen molar-refractivity contribution in [3.8, 4) is 0 Å².